The van der Waals surface area contributed by atoms with Gasteiger partial charge < -0.3 is 14.8 Å². The summed E-state index contributed by atoms with van der Waals surface area (Å²) < 4.78 is 1.89. The molecular weight excluding hydrogens is 292 g/mol. The molecule has 1 aromatic heterocycles. The predicted molar refractivity (Wildman–Crippen MR) is 87.6 cm³/mol. The van der Waals surface area contributed by atoms with Crippen LogP contribution in [0.15, 0.2) is 36.9 Å². The Balaban J connectivity index is 1.87. The van der Waals surface area contributed by atoms with Gasteiger partial charge >= 0.3 is 0 Å². The Hall–Kier alpha value is -2.63. The highest BCUT2D eigenvalue weighted by Crippen LogP contribution is 2.17. The Morgan fingerprint density at radius 3 is 2.74 bits per heavy atom. The van der Waals surface area contributed by atoms with E-state index < -0.39 is 0 Å². The van der Waals surface area contributed by atoms with Crippen LogP contribution in [0.2, 0.25) is 0 Å². The first-order valence-corrected chi connectivity index (χ1v) is 7.81. The van der Waals surface area contributed by atoms with Crippen molar-refractivity contribution in [3.8, 4) is 0 Å². The summed E-state index contributed by atoms with van der Waals surface area (Å²) in [7, 11) is 0. The first-order valence-electron chi connectivity index (χ1n) is 7.81. The van der Waals surface area contributed by atoms with Crippen LogP contribution in [0.3, 0.4) is 0 Å². The molecule has 3 rings (SSSR count). The Morgan fingerprint density at radius 2 is 2.00 bits per heavy atom. The number of rotatable bonds is 5. The number of carbonyl (C=O) groups is 2. The summed E-state index contributed by atoms with van der Waals surface area (Å²) in [4.78, 5) is 30.3. The Labute approximate surface area is 134 Å². The first-order chi connectivity index (χ1) is 11.2. The summed E-state index contributed by atoms with van der Waals surface area (Å²) >= 11 is 0. The molecule has 1 aromatic carbocycles. The average Bonchev–Trinajstić information content (AvgIpc) is 3.21. The van der Waals surface area contributed by atoms with E-state index in [4.69, 9.17) is 0 Å². The number of likely N-dealkylation sites (tertiary alicyclic amines) is 1. The van der Waals surface area contributed by atoms with E-state index in [0.29, 0.717) is 5.82 Å². The number of nitrogens with zero attached hydrogens (tertiary/aromatic N) is 3. The molecule has 0 spiro atoms. The van der Waals surface area contributed by atoms with Crippen molar-refractivity contribution < 1.29 is 9.59 Å². The minimum Gasteiger partial charge on any atom is -0.345 e. The van der Waals surface area contributed by atoms with Crippen LogP contribution in [0.25, 0.3) is 11.0 Å². The van der Waals surface area contributed by atoms with Gasteiger partial charge in [-0.2, -0.15) is 0 Å². The molecule has 1 fully saturated rings. The number of amides is 2. The van der Waals surface area contributed by atoms with Gasteiger partial charge in [-0.3, -0.25) is 9.59 Å². The molecular formula is C17H20N4O2. The minimum atomic E-state index is -0.255. The van der Waals surface area contributed by atoms with E-state index in [0.717, 1.165) is 37.0 Å². The standard InChI is InChI=1S/C17H20N4O2/c1-2-16(22)18-11-15-19-13-7-3-4-8-14(13)21(15)12-17(23)20-9-5-6-10-20/h2-4,7-8H,1,5-6,9-12H2,(H,18,22). The zero-order chi connectivity index (χ0) is 16.2. The number of hydrogen-bond donors (Lipinski definition) is 1. The summed E-state index contributed by atoms with van der Waals surface area (Å²) in [5.41, 5.74) is 1.73. The quantitative estimate of drug-likeness (QED) is 0.850. The number of hydrogen-bond acceptors (Lipinski definition) is 3. The lowest BCUT2D eigenvalue weighted by molar-refractivity contribution is -0.130. The van der Waals surface area contributed by atoms with E-state index in [1.54, 1.807) is 0 Å². The van der Waals surface area contributed by atoms with Crippen LogP contribution in [-0.4, -0.2) is 39.4 Å². The molecule has 0 bridgehead atoms. The molecule has 1 aliphatic heterocycles. The van der Waals surface area contributed by atoms with E-state index in [1.165, 1.54) is 6.08 Å². The van der Waals surface area contributed by atoms with E-state index in [9.17, 15) is 9.59 Å². The number of benzene rings is 1. The molecule has 1 aliphatic rings. The third-order valence-electron chi connectivity index (χ3n) is 4.09. The van der Waals surface area contributed by atoms with Gasteiger partial charge in [0.1, 0.15) is 12.4 Å². The van der Waals surface area contributed by atoms with Gasteiger partial charge in [-0.05, 0) is 31.1 Å². The lowest BCUT2D eigenvalue weighted by Gasteiger charge is -2.17. The van der Waals surface area contributed by atoms with Gasteiger partial charge in [0.2, 0.25) is 11.8 Å². The Kier molecular flexibility index (Phi) is 4.41. The van der Waals surface area contributed by atoms with Gasteiger partial charge in [-0.15, -0.1) is 0 Å². The zero-order valence-electron chi connectivity index (χ0n) is 13.0. The van der Waals surface area contributed by atoms with Gasteiger partial charge in [0.15, 0.2) is 0 Å². The van der Waals surface area contributed by atoms with Crippen molar-refractivity contribution in [3.63, 3.8) is 0 Å². The second kappa shape index (κ2) is 6.64. The Bertz CT molecular complexity index is 744. The van der Waals surface area contributed by atoms with Gasteiger partial charge in [-0.25, -0.2) is 4.98 Å². The largest absolute Gasteiger partial charge is 0.345 e. The lowest BCUT2D eigenvalue weighted by atomic mass is 10.3. The molecule has 1 saturated heterocycles. The van der Waals surface area contributed by atoms with Gasteiger partial charge in [0, 0.05) is 13.1 Å². The number of imidazole rings is 1. The fraction of sp³-hybridized carbons (Fsp3) is 0.353. The van der Waals surface area contributed by atoms with Crippen molar-refractivity contribution in [1.29, 1.82) is 0 Å². The molecule has 1 N–H and O–H groups in total. The zero-order valence-corrected chi connectivity index (χ0v) is 13.0. The van der Waals surface area contributed by atoms with Crippen LogP contribution < -0.4 is 5.32 Å². The molecule has 6 nitrogen and oxygen atoms in total. The van der Waals surface area contributed by atoms with Crippen LogP contribution in [0, 0.1) is 0 Å². The van der Waals surface area contributed by atoms with Crippen LogP contribution in [0.1, 0.15) is 18.7 Å². The highest BCUT2D eigenvalue weighted by molar-refractivity contribution is 5.87. The molecule has 120 valence electrons. The number of nitrogens with one attached hydrogen (secondary N) is 1. The lowest BCUT2D eigenvalue weighted by Crippen LogP contribution is -2.32. The van der Waals surface area contributed by atoms with E-state index in [1.807, 2.05) is 33.7 Å². The van der Waals surface area contributed by atoms with Crippen molar-refractivity contribution >= 4 is 22.8 Å². The minimum absolute atomic E-state index is 0.0990. The first kappa shape index (κ1) is 15.3. The van der Waals surface area contributed by atoms with Gasteiger partial charge in [0.25, 0.3) is 0 Å². The van der Waals surface area contributed by atoms with E-state index in [2.05, 4.69) is 16.9 Å². The Morgan fingerprint density at radius 1 is 1.26 bits per heavy atom. The highest BCUT2D eigenvalue weighted by atomic mass is 16.2. The molecule has 0 aliphatic carbocycles. The third-order valence-corrected chi connectivity index (χ3v) is 4.09. The maximum atomic E-state index is 12.5. The molecule has 23 heavy (non-hydrogen) atoms. The van der Waals surface area contributed by atoms with Gasteiger partial charge in [0.05, 0.1) is 17.6 Å². The molecule has 0 radical (unpaired) electrons. The maximum absolute atomic E-state index is 12.5. The molecule has 0 saturated carbocycles. The maximum Gasteiger partial charge on any atom is 0.243 e. The average molecular weight is 312 g/mol. The van der Waals surface area contributed by atoms with Crippen LogP contribution >= 0.6 is 0 Å². The number of aromatic nitrogens is 2. The number of carbonyl (C=O) groups excluding carboxylic acids is 2. The van der Waals surface area contributed by atoms with Crippen molar-refractivity contribution in [2.45, 2.75) is 25.9 Å². The fourth-order valence-electron chi connectivity index (χ4n) is 2.88. The SMILES string of the molecule is C=CC(=O)NCc1nc2ccccc2n1CC(=O)N1CCCC1. The number of fused-ring (bicyclic) bond motifs is 1. The van der Waals surface area contributed by atoms with Gasteiger partial charge in [-0.1, -0.05) is 18.7 Å². The topological polar surface area (TPSA) is 67.2 Å². The van der Waals surface area contributed by atoms with Crippen molar-refractivity contribution in [2.24, 2.45) is 0 Å². The monoisotopic (exact) mass is 312 g/mol. The predicted octanol–water partition coefficient (Wildman–Crippen LogP) is 1.46. The second-order valence-electron chi connectivity index (χ2n) is 5.61. The third kappa shape index (κ3) is 3.26. The number of para-hydroxylation sites is 2. The van der Waals surface area contributed by atoms with Crippen LogP contribution in [0.4, 0.5) is 0 Å². The smallest absolute Gasteiger partial charge is 0.243 e. The highest BCUT2D eigenvalue weighted by Gasteiger charge is 2.20. The normalized spacial score (nSPS) is 14.2. The summed E-state index contributed by atoms with van der Waals surface area (Å²) in [6, 6.07) is 7.68. The molecule has 2 amide bonds. The second-order valence-corrected chi connectivity index (χ2v) is 5.61. The van der Waals surface area contributed by atoms with E-state index >= 15 is 0 Å². The molecule has 2 heterocycles. The molecule has 6 heteroatoms. The van der Waals surface area contributed by atoms with Crippen LogP contribution in [-0.2, 0) is 22.7 Å². The summed E-state index contributed by atoms with van der Waals surface area (Å²) in [6.07, 6.45) is 3.36. The van der Waals surface area contributed by atoms with Crippen molar-refractivity contribution in [2.75, 3.05) is 13.1 Å². The van der Waals surface area contributed by atoms with E-state index in [-0.39, 0.29) is 24.9 Å². The molecule has 0 atom stereocenters. The summed E-state index contributed by atoms with van der Waals surface area (Å²) in [5, 5.41) is 2.73. The van der Waals surface area contributed by atoms with Crippen LogP contribution in [0.5, 0.6) is 0 Å². The fourth-order valence-corrected chi connectivity index (χ4v) is 2.88. The van der Waals surface area contributed by atoms with Crippen molar-refractivity contribution in [3.05, 3.63) is 42.7 Å². The van der Waals surface area contributed by atoms with Crippen molar-refractivity contribution in [1.82, 2.24) is 19.8 Å². The molecule has 0 unspecified atom stereocenters. The summed E-state index contributed by atoms with van der Waals surface area (Å²) in [5.74, 6) is 0.519. The summed E-state index contributed by atoms with van der Waals surface area (Å²) in [6.45, 7) is 5.61. The molecule has 2 aromatic rings.